The summed E-state index contributed by atoms with van der Waals surface area (Å²) in [6.45, 7) is 6.47. The molecule has 0 aliphatic heterocycles. The second kappa shape index (κ2) is 9.66. The number of aryl methyl sites for hydroxylation is 2. The predicted molar refractivity (Wildman–Crippen MR) is 125 cm³/mol. The van der Waals surface area contributed by atoms with E-state index in [9.17, 15) is 9.59 Å². The fourth-order valence-corrected chi connectivity index (χ4v) is 4.27. The molecule has 0 fully saturated rings. The zero-order valence-electron chi connectivity index (χ0n) is 18.1. The number of hydrogen-bond donors (Lipinski definition) is 2. The first-order valence-corrected chi connectivity index (χ1v) is 10.8. The van der Waals surface area contributed by atoms with Crippen LogP contribution in [0.1, 0.15) is 44.5 Å². The highest BCUT2D eigenvalue weighted by atomic mass is 32.1. The molecule has 0 aliphatic rings. The van der Waals surface area contributed by atoms with E-state index in [-0.39, 0.29) is 5.91 Å². The second-order valence-electron chi connectivity index (χ2n) is 7.15. The number of amides is 1. The van der Waals surface area contributed by atoms with Crippen LogP contribution in [0.3, 0.4) is 0 Å². The van der Waals surface area contributed by atoms with E-state index >= 15 is 0 Å². The number of nitrogens with two attached hydrogens (primary N) is 1. The smallest absolute Gasteiger partial charge is 0.341 e. The minimum absolute atomic E-state index is 0.345. The predicted octanol–water partition coefficient (Wildman–Crippen LogP) is 5.44. The summed E-state index contributed by atoms with van der Waals surface area (Å²) < 4.78 is 10.6. The third-order valence-corrected chi connectivity index (χ3v) is 5.80. The molecule has 0 saturated carbocycles. The van der Waals surface area contributed by atoms with Crippen molar-refractivity contribution in [3.63, 3.8) is 0 Å². The average molecular weight is 439 g/mol. The van der Waals surface area contributed by atoms with Crippen LogP contribution in [0.5, 0.6) is 5.75 Å². The van der Waals surface area contributed by atoms with Gasteiger partial charge in [-0.1, -0.05) is 36.8 Å². The van der Waals surface area contributed by atoms with E-state index in [2.05, 4.69) is 5.32 Å². The van der Waals surface area contributed by atoms with Crippen molar-refractivity contribution in [1.82, 2.24) is 0 Å². The molecule has 0 spiro atoms. The Kier molecular flexibility index (Phi) is 6.97. The maximum atomic E-state index is 12.9. The van der Waals surface area contributed by atoms with Gasteiger partial charge in [-0.05, 0) is 44.0 Å². The number of carbonyl (C=O) groups excluding carboxylic acids is 2. The van der Waals surface area contributed by atoms with Crippen LogP contribution in [0, 0.1) is 13.8 Å². The molecule has 0 atom stereocenters. The summed E-state index contributed by atoms with van der Waals surface area (Å²) in [4.78, 5) is 26.4. The topological polar surface area (TPSA) is 90.6 Å². The SMILES string of the molecule is CCCOc1ccc(C(=O)Nc2sc(C)c(-c3ccc(C)cc3)c2C(=O)OC)cc1N. The maximum absolute atomic E-state index is 12.9. The lowest BCUT2D eigenvalue weighted by molar-refractivity contribution is 0.0603. The third-order valence-electron chi connectivity index (χ3n) is 4.77. The van der Waals surface area contributed by atoms with E-state index in [1.54, 1.807) is 18.2 Å². The first kappa shape index (κ1) is 22.4. The van der Waals surface area contributed by atoms with Gasteiger partial charge < -0.3 is 20.5 Å². The van der Waals surface area contributed by atoms with Crippen LogP contribution in [0.4, 0.5) is 10.7 Å². The van der Waals surface area contributed by atoms with E-state index in [0.717, 1.165) is 28.0 Å². The molecule has 1 amide bonds. The number of methoxy groups -OCH3 is 1. The number of benzene rings is 2. The molecular formula is C24H26N2O4S. The first-order chi connectivity index (χ1) is 14.8. The van der Waals surface area contributed by atoms with Gasteiger partial charge in [0.2, 0.25) is 0 Å². The van der Waals surface area contributed by atoms with Crippen LogP contribution < -0.4 is 15.8 Å². The molecule has 1 aromatic heterocycles. The monoisotopic (exact) mass is 438 g/mol. The highest BCUT2D eigenvalue weighted by molar-refractivity contribution is 7.17. The van der Waals surface area contributed by atoms with Crippen molar-refractivity contribution >= 4 is 33.9 Å². The average Bonchev–Trinajstić information content (AvgIpc) is 3.08. The number of thiophene rings is 1. The molecule has 0 bridgehead atoms. The Labute approximate surface area is 186 Å². The number of anilines is 2. The summed E-state index contributed by atoms with van der Waals surface area (Å²) >= 11 is 1.34. The summed E-state index contributed by atoms with van der Waals surface area (Å²) in [6.07, 6.45) is 0.860. The highest BCUT2D eigenvalue weighted by Gasteiger charge is 2.25. The second-order valence-corrected chi connectivity index (χ2v) is 8.37. The molecule has 7 heteroatoms. The van der Waals surface area contributed by atoms with Crippen LogP contribution in [0.15, 0.2) is 42.5 Å². The molecule has 0 aliphatic carbocycles. The van der Waals surface area contributed by atoms with E-state index in [4.69, 9.17) is 15.2 Å². The highest BCUT2D eigenvalue weighted by Crippen LogP contribution is 2.40. The van der Waals surface area contributed by atoms with Gasteiger partial charge in [0, 0.05) is 16.0 Å². The van der Waals surface area contributed by atoms with E-state index in [1.165, 1.54) is 18.4 Å². The summed E-state index contributed by atoms with van der Waals surface area (Å²) in [6, 6.07) is 12.8. The largest absolute Gasteiger partial charge is 0.491 e. The molecular weight excluding hydrogens is 412 g/mol. The van der Waals surface area contributed by atoms with Crippen molar-refractivity contribution in [1.29, 1.82) is 0 Å². The Balaban J connectivity index is 1.95. The number of esters is 1. The lowest BCUT2D eigenvalue weighted by Gasteiger charge is -2.11. The summed E-state index contributed by atoms with van der Waals surface area (Å²) in [5, 5.41) is 3.30. The molecule has 2 aromatic carbocycles. The van der Waals surface area contributed by atoms with Gasteiger partial charge >= 0.3 is 5.97 Å². The van der Waals surface area contributed by atoms with E-state index < -0.39 is 5.97 Å². The zero-order valence-corrected chi connectivity index (χ0v) is 18.9. The van der Waals surface area contributed by atoms with Crippen LogP contribution in [0.2, 0.25) is 0 Å². The lowest BCUT2D eigenvalue weighted by atomic mass is 10.0. The number of nitrogen functional groups attached to an aromatic ring is 1. The van der Waals surface area contributed by atoms with Crippen LogP contribution >= 0.6 is 11.3 Å². The molecule has 6 nitrogen and oxygen atoms in total. The first-order valence-electron chi connectivity index (χ1n) is 9.98. The summed E-state index contributed by atoms with van der Waals surface area (Å²) in [5.41, 5.74) is 9.91. The van der Waals surface area contributed by atoms with E-state index in [1.807, 2.05) is 45.0 Å². The molecule has 3 aromatic rings. The number of hydrogen-bond acceptors (Lipinski definition) is 6. The van der Waals surface area contributed by atoms with Gasteiger partial charge in [0.1, 0.15) is 16.3 Å². The maximum Gasteiger partial charge on any atom is 0.341 e. The lowest BCUT2D eigenvalue weighted by Crippen LogP contribution is -2.14. The Morgan fingerprint density at radius 2 is 1.81 bits per heavy atom. The van der Waals surface area contributed by atoms with Crippen molar-refractivity contribution in [3.05, 3.63) is 64.0 Å². The molecule has 1 heterocycles. The van der Waals surface area contributed by atoms with Gasteiger partial charge in [0.05, 0.1) is 19.4 Å². The molecule has 0 unspecified atom stereocenters. The number of carbonyl (C=O) groups is 2. The van der Waals surface area contributed by atoms with Crippen LogP contribution in [-0.4, -0.2) is 25.6 Å². The van der Waals surface area contributed by atoms with Crippen LogP contribution in [-0.2, 0) is 4.74 Å². The van der Waals surface area contributed by atoms with Gasteiger partial charge in [-0.15, -0.1) is 11.3 Å². The molecule has 3 rings (SSSR count). The van der Waals surface area contributed by atoms with Crippen molar-refractivity contribution < 1.29 is 19.1 Å². The fourth-order valence-electron chi connectivity index (χ4n) is 3.21. The fraction of sp³-hybridized carbons (Fsp3) is 0.250. The molecule has 31 heavy (non-hydrogen) atoms. The van der Waals surface area contributed by atoms with Gasteiger partial charge in [-0.3, -0.25) is 4.79 Å². The van der Waals surface area contributed by atoms with E-state index in [0.29, 0.717) is 34.2 Å². The Morgan fingerprint density at radius 3 is 2.42 bits per heavy atom. The van der Waals surface area contributed by atoms with Crippen LogP contribution in [0.25, 0.3) is 11.1 Å². The van der Waals surface area contributed by atoms with Crippen molar-refractivity contribution in [2.24, 2.45) is 0 Å². The number of rotatable bonds is 7. The van der Waals surface area contributed by atoms with Crippen molar-refractivity contribution in [2.45, 2.75) is 27.2 Å². The van der Waals surface area contributed by atoms with Crippen molar-refractivity contribution in [2.75, 3.05) is 24.8 Å². The Hall–Kier alpha value is -3.32. The zero-order chi connectivity index (χ0) is 22.5. The minimum Gasteiger partial charge on any atom is -0.491 e. The molecule has 0 saturated heterocycles. The molecule has 0 radical (unpaired) electrons. The normalized spacial score (nSPS) is 10.6. The Morgan fingerprint density at radius 1 is 1.10 bits per heavy atom. The van der Waals surface area contributed by atoms with Gasteiger partial charge in [-0.25, -0.2) is 4.79 Å². The standard InChI is InChI=1S/C24H26N2O4S/c1-5-12-30-19-11-10-17(13-18(19)25)22(27)26-23-21(24(28)29-4)20(15(3)31-23)16-8-6-14(2)7-9-16/h6-11,13H,5,12,25H2,1-4H3,(H,26,27). The molecule has 162 valence electrons. The Bertz CT molecular complexity index is 1100. The number of nitrogens with one attached hydrogen (secondary N) is 1. The summed E-state index contributed by atoms with van der Waals surface area (Å²) in [5.74, 6) is -0.323. The van der Waals surface area contributed by atoms with Gasteiger partial charge in [-0.2, -0.15) is 0 Å². The minimum atomic E-state index is -0.502. The quantitative estimate of drug-likeness (QED) is 0.378. The number of ether oxygens (including phenoxy) is 2. The summed E-state index contributed by atoms with van der Waals surface area (Å²) in [7, 11) is 1.33. The van der Waals surface area contributed by atoms with Gasteiger partial charge in [0.15, 0.2) is 0 Å². The van der Waals surface area contributed by atoms with Gasteiger partial charge in [0.25, 0.3) is 5.91 Å². The third kappa shape index (κ3) is 4.88. The van der Waals surface area contributed by atoms with Crippen molar-refractivity contribution in [3.8, 4) is 16.9 Å². The molecule has 3 N–H and O–H groups in total.